The predicted molar refractivity (Wildman–Crippen MR) is 105 cm³/mol. The van der Waals surface area contributed by atoms with Gasteiger partial charge in [-0.3, -0.25) is 4.79 Å². The average Bonchev–Trinajstić information content (AvgIpc) is 3.22. The zero-order valence-corrected chi connectivity index (χ0v) is 16.3. The zero-order chi connectivity index (χ0) is 18.1. The van der Waals surface area contributed by atoms with Gasteiger partial charge in [0.1, 0.15) is 0 Å². The molecule has 1 amide bonds. The highest BCUT2D eigenvalue weighted by molar-refractivity contribution is 5.78. The third kappa shape index (κ3) is 3.67. The molecule has 1 aromatic carbocycles. The van der Waals surface area contributed by atoms with Gasteiger partial charge in [-0.1, -0.05) is 38.1 Å². The van der Waals surface area contributed by atoms with E-state index in [0.29, 0.717) is 5.91 Å². The van der Waals surface area contributed by atoms with Gasteiger partial charge in [-0.15, -0.1) is 0 Å². The van der Waals surface area contributed by atoms with Crippen molar-refractivity contribution in [2.24, 2.45) is 17.3 Å². The Balaban J connectivity index is 1.55. The van der Waals surface area contributed by atoms with Crippen LogP contribution >= 0.6 is 0 Å². The number of rotatable bonds is 3. The highest BCUT2D eigenvalue weighted by atomic mass is 16.2. The minimum atomic E-state index is 0.0689. The average molecular weight is 356 g/mol. The first kappa shape index (κ1) is 18.0. The molecule has 2 unspecified atom stereocenters. The molecule has 4 heteroatoms. The van der Waals surface area contributed by atoms with Crippen LogP contribution < -0.4 is 5.32 Å². The molecule has 1 spiro atoms. The van der Waals surface area contributed by atoms with Crippen molar-refractivity contribution < 1.29 is 4.79 Å². The Morgan fingerprint density at radius 2 is 2.08 bits per heavy atom. The molecule has 0 bridgehead atoms. The fraction of sp³-hybridized carbons (Fsp3) is 0.682. The lowest BCUT2D eigenvalue weighted by atomic mass is 9.80. The second-order valence-electron chi connectivity index (χ2n) is 9.14. The maximum atomic E-state index is 12.9. The van der Waals surface area contributed by atoms with E-state index in [4.69, 9.17) is 0 Å². The van der Waals surface area contributed by atoms with Crippen LogP contribution in [-0.2, 0) is 17.8 Å². The number of hydrogen-bond acceptors (Lipinski definition) is 3. The summed E-state index contributed by atoms with van der Waals surface area (Å²) in [6.45, 7) is 11.6. The Morgan fingerprint density at radius 3 is 2.81 bits per heavy atom. The molecular formula is C22H33N3O. The van der Waals surface area contributed by atoms with Crippen molar-refractivity contribution in [3.05, 3.63) is 35.4 Å². The van der Waals surface area contributed by atoms with Crippen molar-refractivity contribution in [3.8, 4) is 0 Å². The zero-order valence-electron chi connectivity index (χ0n) is 16.3. The molecule has 0 saturated carbocycles. The number of amides is 1. The molecule has 0 radical (unpaired) electrons. The van der Waals surface area contributed by atoms with Crippen molar-refractivity contribution in [1.29, 1.82) is 0 Å². The number of fused-ring (bicyclic) bond motifs is 1. The molecule has 2 saturated heterocycles. The summed E-state index contributed by atoms with van der Waals surface area (Å²) in [7, 11) is 0. The van der Waals surface area contributed by atoms with E-state index in [1.165, 1.54) is 50.1 Å². The number of hydrogen-bond donors (Lipinski definition) is 1. The summed E-state index contributed by atoms with van der Waals surface area (Å²) in [5.41, 5.74) is 3.02. The van der Waals surface area contributed by atoms with E-state index in [-0.39, 0.29) is 11.3 Å². The van der Waals surface area contributed by atoms with Crippen LogP contribution in [0.3, 0.4) is 0 Å². The topological polar surface area (TPSA) is 35.6 Å². The molecule has 3 aliphatic rings. The molecule has 2 fully saturated rings. The smallest absolute Gasteiger partial charge is 0.225 e. The molecule has 0 aliphatic carbocycles. The number of benzene rings is 1. The second kappa shape index (κ2) is 7.32. The van der Waals surface area contributed by atoms with Crippen molar-refractivity contribution >= 4 is 5.91 Å². The van der Waals surface area contributed by atoms with Crippen LogP contribution in [0.25, 0.3) is 0 Å². The summed E-state index contributed by atoms with van der Waals surface area (Å²) in [5.74, 6) is 1.18. The lowest BCUT2D eigenvalue weighted by Gasteiger charge is -2.34. The van der Waals surface area contributed by atoms with Crippen LogP contribution in [0.5, 0.6) is 0 Å². The van der Waals surface area contributed by atoms with Crippen LogP contribution in [-0.4, -0.2) is 55.0 Å². The molecule has 4 nitrogen and oxygen atoms in total. The largest absolute Gasteiger partial charge is 0.338 e. The summed E-state index contributed by atoms with van der Waals surface area (Å²) >= 11 is 0. The van der Waals surface area contributed by atoms with Gasteiger partial charge in [-0.25, -0.2) is 0 Å². The van der Waals surface area contributed by atoms with Crippen LogP contribution in [0.15, 0.2) is 24.3 Å². The van der Waals surface area contributed by atoms with Gasteiger partial charge in [0, 0.05) is 37.5 Å². The number of nitrogens with one attached hydrogen (secondary N) is 1. The number of nitrogens with zero attached hydrogens (tertiary/aromatic N) is 2. The monoisotopic (exact) mass is 355 g/mol. The van der Waals surface area contributed by atoms with Gasteiger partial charge >= 0.3 is 0 Å². The van der Waals surface area contributed by atoms with Crippen LogP contribution in [0.4, 0.5) is 0 Å². The van der Waals surface area contributed by atoms with Gasteiger partial charge in [0.05, 0.1) is 0 Å². The molecule has 142 valence electrons. The van der Waals surface area contributed by atoms with Crippen molar-refractivity contribution in [1.82, 2.24) is 15.1 Å². The van der Waals surface area contributed by atoms with E-state index in [9.17, 15) is 4.79 Å². The first-order valence-corrected chi connectivity index (χ1v) is 10.3. The van der Waals surface area contributed by atoms with E-state index in [1.807, 2.05) is 13.8 Å². The third-order valence-corrected chi connectivity index (χ3v) is 6.57. The van der Waals surface area contributed by atoms with E-state index in [2.05, 4.69) is 39.4 Å². The summed E-state index contributed by atoms with van der Waals surface area (Å²) in [5, 5.41) is 3.50. The highest BCUT2D eigenvalue weighted by Crippen LogP contribution is 2.39. The molecule has 0 aromatic heterocycles. The van der Waals surface area contributed by atoms with E-state index in [0.717, 1.165) is 32.0 Å². The first-order chi connectivity index (χ1) is 12.5. The minimum absolute atomic E-state index is 0.0689. The Labute approximate surface area is 157 Å². The van der Waals surface area contributed by atoms with Gasteiger partial charge < -0.3 is 15.1 Å². The maximum Gasteiger partial charge on any atom is 0.225 e. The van der Waals surface area contributed by atoms with Crippen LogP contribution in [0, 0.1) is 17.3 Å². The number of likely N-dealkylation sites (tertiary alicyclic amines) is 1. The molecule has 1 aromatic rings. The standard InChI is InChI=1S/C22H33N3O/c1-17(2)21(26)25-14-20-6-4-3-5-19(20)11-22(16-25)8-10-24(15-22)13-18-7-9-23-12-18/h3-6,17-18,23H,7-16H2,1-2H3. The molecule has 2 atom stereocenters. The quantitative estimate of drug-likeness (QED) is 0.905. The third-order valence-electron chi connectivity index (χ3n) is 6.57. The minimum Gasteiger partial charge on any atom is -0.338 e. The summed E-state index contributed by atoms with van der Waals surface area (Å²) in [6.07, 6.45) is 3.64. The summed E-state index contributed by atoms with van der Waals surface area (Å²) in [6, 6.07) is 8.77. The Bertz CT molecular complexity index is 653. The fourth-order valence-electron chi connectivity index (χ4n) is 5.22. The van der Waals surface area contributed by atoms with Gasteiger partial charge in [-0.05, 0) is 55.9 Å². The van der Waals surface area contributed by atoms with Gasteiger partial charge in [0.2, 0.25) is 5.91 Å². The maximum absolute atomic E-state index is 12.9. The SMILES string of the molecule is CC(C)C(=O)N1Cc2ccccc2CC2(CCN(CC3CCNC3)C2)C1. The Morgan fingerprint density at radius 1 is 1.27 bits per heavy atom. The van der Waals surface area contributed by atoms with Gasteiger partial charge in [0.15, 0.2) is 0 Å². The number of carbonyl (C=O) groups is 1. The molecule has 26 heavy (non-hydrogen) atoms. The molecule has 1 N–H and O–H groups in total. The van der Waals surface area contributed by atoms with E-state index >= 15 is 0 Å². The summed E-state index contributed by atoms with van der Waals surface area (Å²) in [4.78, 5) is 17.7. The molecule has 3 heterocycles. The van der Waals surface area contributed by atoms with Crippen LogP contribution in [0.1, 0.15) is 37.8 Å². The van der Waals surface area contributed by atoms with Gasteiger partial charge in [0.25, 0.3) is 0 Å². The molecule has 3 aliphatic heterocycles. The Hall–Kier alpha value is -1.39. The van der Waals surface area contributed by atoms with Crippen molar-refractivity contribution in [2.45, 2.75) is 39.7 Å². The van der Waals surface area contributed by atoms with Crippen molar-refractivity contribution in [3.63, 3.8) is 0 Å². The fourth-order valence-corrected chi connectivity index (χ4v) is 5.22. The lowest BCUT2D eigenvalue weighted by Crippen LogP contribution is -2.43. The second-order valence-corrected chi connectivity index (χ2v) is 9.14. The molecular weight excluding hydrogens is 322 g/mol. The molecule has 4 rings (SSSR count). The van der Waals surface area contributed by atoms with Gasteiger partial charge in [-0.2, -0.15) is 0 Å². The number of carbonyl (C=O) groups excluding carboxylic acids is 1. The highest BCUT2D eigenvalue weighted by Gasteiger charge is 2.43. The predicted octanol–water partition coefficient (Wildman–Crippen LogP) is 2.53. The summed E-state index contributed by atoms with van der Waals surface area (Å²) < 4.78 is 0. The normalized spacial score (nSPS) is 29.3. The van der Waals surface area contributed by atoms with E-state index < -0.39 is 0 Å². The van der Waals surface area contributed by atoms with Crippen molar-refractivity contribution in [2.75, 3.05) is 39.3 Å². The van der Waals surface area contributed by atoms with E-state index in [1.54, 1.807) is 0 Å². The van der Waals surface area contributed by atoms with Crippen LogP contribution in [0.2, 0.25) is 0 Å². The lowest BCUT2D eigenvalue weighted by molar-refractivity contribution is -0.136. The Kier molecular flexibility index (Phi) is 5.07. The first-order valence-electron chi connectivity index (χ1n) is 10.3.